The van der Waals surface area contributed by atoms with E-state index in [2.05, 4.69) is 5.32 Å². The molecule has 0 fully saturated rings. The van der Waals surface area contributed by atoms with Crippen LogP contribution in [0.15, 0.2) is 71.7 Å². The Hall–Kier alpha value is -3.45. The zero-order valence-electron chi connectivity index (χ0n) is 16.2. The minimum Gasteiger partial charge on any atom is -0.491 e. The molecule has 2 amide bonds. The molecule has 0 saturated heterocycles. The summed E-state index contributed by atoms with van der Waals surface area (Å²) in [5, 5.41) is 4.86. The second-order valence-electron chi connectivity index (χ2n) is 6.62. The Morgan fingerprint density at radius 3 is 2.47 bits per heavy atom. The Kier molecular flexibility index (Phi) is 5.63. The first-order valence-electron chi connectivity index (χ1n) is 9.51. The molecule has 5 nitrogen and oxygen atoms in total. The van der Waals surface area contributed by atoms with Crippen LogP contribution in [0.2, 0.25) is 0 Å². The highest BCUT2D eigenvalue weighted by Gasteiger charge is 2.41. The number of hydrogen-bond donors (Lipinski definition) is 1. The Labute approximate surface area is 177 Å². The molecule has 1 N–H and O–H groups in total. The van der Waals surface area contributed by atoms with Crippen LogP contribution in [0.5, 0.6) is 5.75 Å². The third kappa shape index (κ3) is 3.71. The van der Waals surface area contributed by atoms with Crippen molar-refractivity contribution in [1.29, 1.82) is 0 Å². The molecule has 2 heterocycles. The summed E-state index contributed by atoms with van der Waals surface area (Å²) in [6.45, 7) is 2.45. The van der Waals surface area contributed by atoms with Crippen LogP contribution in [0.3, 0.4) is 0 Å². The molecule has 0 atom stereocenters. The summed E-state index contributed by atoms with van der Waals surface area (Å²) in [5.41, 5.74) is 1.34. The average Bonchev–Trinajstić information content (AvgIpc) is 3.35. The number of carbonyl (C=O) groups excluding carboxylic acids is 2. The number of ether oxygens (including phenoxy) is 1. The third-order valence-corrected chi connectivity index (χ3v) is 5.42. The van der Waals surface area contributed by atoms with Crippen LogP contribution in [-0.2, 0) is 9.59 Å². The zero-order chi connectivity index (χ0) is 21.1. The monoisotopic (exact) mass is 422 g/mol. The van der Waals surface area contributed by atoms with Gasteiger partial charge in [-0.1, -0.05) is 25.1 Å². The number of amides is 2. The molecule has 0 aliphatic carbocycles. The molecule has 3 aromatic rings. The molecule has 1 aliphatic heterocycles. The van der Waals surface area contributed by atoms with Gasteiger partial charge in [0, 0.05) is 10.6 Å². The Morgan fingerprint density at radius 2 is 1.77 bits per heavy atom. The van der Waals surface area contributed by atoms with Crippen molar-refractivity contribution in [3.63, 3.8) is 0 Å². The first-order chi connectivity index (χ1) is 14.6. The topological polar surface area (TPSA) is 58.6 Å². The summed E-state index contributed by atoms with van der Waals surface area (Å²) in [5.74, 6) is -0.833. The average molecular weight is 422 g/mol. The molecule has 0 radical (unpaired) electrons. The Morgan fingerprint density at radius 1 is 1.00 bits per heavy atom. The summed E-state index contributed by atoms with van der Waals surface area (Å²) in [4.78, 5) is 28.6. The van der Waals surface area contributed by atoms with E-state index >= 15 is 0 Å². The second kappa shape index (κ2) is 8.51. The maximum absolute atomic E-state index is 13.4. The van der Waals surface area contributed by atoms with Gasteiger partial charge in [-0.15, -0.1) is 11.3 Å². The van der Waals surface area contributed by atoms with E-state index < -0.39 is 11.8 Å². The van der Waals surface area contributed by atoms with Crippen LogP contribution in [0.4, 0.5) is 15.8 Å². The van der Waals surface area contributed by atoms with Gasteiger partial charge in [-0.3, -0.25) is 9.59 Å². The van der Waals surface area contributed by atoms with Gasteiger partial charge in [0.1, 0.15) is 17.3 Å². The molecule has 152 valence electrons. The van der Waals surface area contributed by atoms with E-state index in [-0.39, 0.29) is 17.1 Å². The lowest BCUT2D eigenvalue weighted by atomic mass is 10.2. The Bertz CT molecular complexity index is 1110. The molecule has 0 saturated carbocycles. The summed E-state index contributed by atoms with van der Waals surface area (Å²) in [6, 6.07) is 16.2. The molecular weight excluding hydrogens is 403 g/mol. The van der Waals surface area contributed by atoms with Crippen LogP contribution in [0, 0.1) is 5.82 Å². The maximum atomic E-state index is 13.4. The molecule has 2 aromatic carbocycles. The number of thiophene rings is 1. The standard InChI is InChI=1S/C23H19FN2O3S/c1-2-13-29-18-7-4-3-6-17(18)26-22(27)20(19-8-5-14-30-19)21(23(26)28)25-16-11-9-15(24)10-12-16/h3-12,14,25H,2,13H2,1H3. The lowest BCUT2D eigenvalue weighted by molar-refractivity contribution is -0.120. The van der Waals surface area contributed by atoms with Crippen molar-refractivity contribution < 1.29 is 18.7 Å². The summed E-state index contributed by atoms with van der Waals surface area (Å²) < 4.78 is 19.1. The van der Waals surface area contributed by atoms with E-state index in [4.69, 9.17) is 4.74 Å². The quantitative estimate of drug-likeness (QED) is 0.540. The summed E-state index contributed by atoms with van der Waals surface area (Å²) >= 11 is 1.37. The smallest absolute Gasteiger partial charge is 0.282 e. The van der Waals surface area contributed by atoms with E-state index in [1.165, 1.54) is 35.6 Å². The lowest BCUT2D eigenvalue weighted by Gasteiger charge is -2.19. The van der Waals surface area contributed by atoms with E-state index in [0.29, 0.717) is 28.6 Å². The molecule has 0 unspecified atom stereocenters. The minimum atomic E-state index is -0.486. The van der Waals surface area contributed by atoms with E-state index in [1.54, 1.807) is 30.3 Å². The number of carbonyl (C=O) groups is 2. The van der Waals surface area contributed by atoms with Gasteiger partial charge in [0.05, 0.1) is 17.9 Å². The number of halogens is 1. The number of para-hydroxylation sites is 2. The number of imide groups is 1. The second-order valence-corrected chi connectivity index (χ2v) is 7.57. The van der Waals surface area contributed by atoms with Gasteiger partial charge in [0.2, 0.25) is 0 Å². The number of rotatable bonds is 7. The number of benzene rings is 2. The van der Waals surface area contributed by atoms with Crippen LogP contribution >= 0.6 is 11.3 Å². The highest BCUT2D eigenvalue weighted by Crippen LogP contribution is 2.38. The summed E-state index contributed by atoms with van der Waals surface area (Å²) in [6.07, 6.45) is 0.798. The largest absolute Gasteiger partial charge is 0.491 e. The van der Waals surface area contributed by atoms with Crippen LogP contribution < -0.4 is 15.0 Å². The number of nitrogens with zero attached hydrogens (tertiary/aromatic N) is 1. The van der Waals surface area contributed by atoms with Crippen molar-refractivity contribution in [1.82, 2.24) is 0 Å². The molecule has 1 aliphatic rings. The minimum absolute atomic E-state index is 0.152. The molecule has 30 heavy (non-hydrogen) atoms. The lowest BCUT2D eigenvalue weighted by Crippen LogP contribution is -2.32. The van der Waals surface area contributed by atoms with Crippen molar-refractivity contribution in [2.75, 3.05) is 16.8 Å². The van der Waals surface area contributed by atoms with Crippen molar-refractivity contribution >= 4 is 40.1 Å². The predicted octanol–water partition coefficient (Wildman–Crippen LogP) is 5.07. The van der Waals surface area contributed by atoms with Gasteiger partial charge < -0.3 is 10.1 Å². The number of hydrogen-bond acceptors (Lipinski definition) is 5. The number of anilines is 2. The van der Waals surface area contributed by atoms with Crippen LogP contribution in [0.1, 0.15) is 18.2 Å². The highest BCUT2D eigenvalue weighted by molar-refractivity contribution is 7.11. The van der Waals surface area contributed by atoms with Gasteiger partial charge in [-0.2, -0.15) is 0 Å². The van der Waals surface area contributed by atoms with Crippen molar-refractivity contribution in [2.24, 2.45) is 0 Å². The molecular formula is C23H19FN2O3S. The van der Waals surface area contributed by atoms with Crippen molar-refractivity contribution in [3.8, 4) is 5.75 Å². The third-order valence-electron chi connectivity index (χ3n) is 4.53. The van der Waals surface area contributed by atoms with E-state index in [1.807, 2.05) is 18.4 Å². The zero-order valence-corrected chi connectivity index (χ0v) is 17.0. The van der Waals surface area contributed by atoms with Crippen molar-refractivity contribution in [3.05, 3.63) is 82.4 Å². The first kappa shape index (κ1) is 19.8. The van der Waals surface area contributed by atoms with E-state index in [0.717, 1.165) is 11.3 Å². The van der Waals surface area contributed by atoms with Gasteiger partial charge in [0.15, 0.2) is 0 Å². The SMILES string of the molecule is CCCOc1ccccc1N1C(=O)C(Nc2ccc(F)cc2)=C(c2cccs2)C1=O. The van der Waals surface area contributed by atoms with Crippen LogP contribution in [-0.4, -0.2) is 18.4 Å². The molecule has 1 aromatic heterocycles. The normalized spacial score (nSPS) is 13.9. The number of nitrogens with one attached hydrogen (secondary N) is 1. The Balaban J connectivity index is 1.77. The van der Waals surface area contributed by atoms with Crippen molar-refractivity contribution in [2.45, 2.75) is 13.3 Å². The molecule has 0 spiro atoms. The van der Waals surface area contributed by atoms with E-state index in [9.17, 15) is 14.0 Å². The fraction of sp³-hybridized carbons (Fsp3) is 0.130. The summed E-state index contributed by atoms with van der Waals surface area (Å²) in [7, 11) is 0. The van der Waals surface area contributed by atoms with Gasteiger partial charge in [-0.25, -0.2) is 9.29 Å². The van der Waals surface area contributed by atoms with Gasteiger partial charge in [0.25, 0.3) is 11.8 Å². The maximum Gasteiger partial charge on any atom is 0.282 e. The molecule has 7 heteroatoms. The van der Waals surface area contributed by atoms with Gasteiger partial charge >= 0.3 is 0 Å². The molecule has 4 rings (SSSR count). The fourth-order valence-electron chi connectivity index (χ4n) is 3.17. The fourth-order valence-corrected chi connectivity index (χ4v) is 3.94. The first-order valence-corrected chi connectivity index (χ1v) is 10.4. The van der Waals surface area contributed by atoms with Gasteiger partial charge in [-0.05, 0) is 54.3 Å². The predicted molar refractivity (Wildman–Crippen MR) is 116 cm³/mol. The molecule has 0 bridgehead atoms. The van der Waals surface area contributed by atoms with Crippen LogP contribution in [0.25, 0.3) is 5.57 Å². The highest BCUT2D eigenvalue weighted by atomic mass is 32.1.